The van der Waals surface area contributed by atoms with Gasteiger partial charge in [0.05, 0.1) is 5.92 Å². The van der Waals surface area contributed by atoms with Crippen LogP contribution < -0.4 is 5.32 Å². The van der Waals surface area contributed by atoms with Crippen LogP contribution in [0.1, 0.15) is 39.4 Å². The summed E-state index contributed by atoms with van der Waals surface area (Å²) in [5.41, 5.74) is -2.73. The number of carbonyl (C=O) groups is 3. The molecule has 2 aliphatic rings. The highest BCUT2D eigenvalue weighted by Gasteiger charge is 2.76. The number of carbonyl (C=O) groups excluding carboxylic acids is 1. The van der Waals surface area contributed by atoms with E-state index in [1.807, 2.05) is 0 Å². The van der Waals surface area contributed by atoms with Crippen LogP contribution in [0, 0.1) is 17.8 Å². The molecule has 3 rings (SSSR count). The molecule has 0 unspecified atom stereocenters. The first kappa shape index (κ1) is 21.3. The van der Waals surface area contributed by atoms with Crippen LogP contribution in [0.2, 0.25) is 0 Å². The Balaban J connectivity index is 1.84. The Kier molecular flexibility index (Phi) is 5.22. The summed E-state index contributed by atoms with van der Waals surface area (Å²) in [6.07, 6.45) is -3.95. The fourth-order valence-electron chi connectivity index (χ4n) is 3.91. The molecule has 5 atom stereocenters. The van der Waals surface area contributed by atoms with Gasteiger partial charge in [-0.25, -0.2) is 23.4 Å². The average molecular weight is 434 g/mol. The molecule has 1 heterocycles. The van der Waals surface area contributed by atoms with Crippen LogP contribution in [0.15, 0.2) is 5.16 Å². The number of nitrogens with zero attached hydrogens (tertiary/aromatic N) is 2. The van der Waals surface area contributed by atoms with E-state index in [2.05, 4.69) is 20.5 Å². The van der Waals surface area contributed by atoms with Gasteiger partial charge in [-0.1, -0.05) is 11.8 Å². The van der Waals surface area contributed by atoms with Gasteiger partial charge in [0.2, 0.25) is 5.16 Å². The van der Waals surface area contributed by atoms with E-state index < -0.39 is 64.4 Å². The van der Waals surface area contributed by atoms with Crippen molar-refractivity contribution in [3.63, 3.8) is 0 Å². The molecule has 1 aromatic rings. The Morgan fingerprint density at radius 1 is 1.34 bits per heavy atom. The number of aromatic amines is 1. The van der Waals surface area contributed by atoms with Crippen LogP contribution in [-0.2, 0) is 14.3 Å². The third-order valence-corrected chi connectivity index (χ3v) is 6.11. The molecule has 10 nitrogen and oxygen atoms in total. The van der Waals surface area contributed by atoms with Gasteiger partial charge in [-0.2, -0.15) is 0 Å². The van der Waals surface area contributed by atoms with E-state index in [0.717, 1.165) is 11.8 Å². The molecule has 0 bridgehead atoms. The molecule has 160 valence electrons. The van der Waals surface area contributed by atoms with Crippen molar-refractivity contribution in [2.24, 2.45) is 17.8 Å². The second kappa shape index (κ2) is 7.11. The van der Waals surface area contributed by atoms with E-state index in [1.54, 1.807) is 20.8 Å². The molecule has 0 radical (unpaired) electrons. The number of halogens is 2. The van der Waals surface area contributed by atoms with Gasteiger partial charge in [-0.05, 0) is 33.1 Å². The molecule has 1 amide bonds. The van der Waals surface area contributed by atoms with Crippen molar-refractivity contribution >= 4 is 29.8 Å². The number of carboxylic acid groups (broad SMARTS) is 2. The number of aliphatic carboxylic acids is 2. The average Bonchev–Trinajstić information content (AvgIpc) is 3.01. The molecule has 2 fully saturated rings. The minimum absolute atomic E-state index is 0.0430. The van der Waals surface area contributed by atoms with Crippen molar-refractivity contribution in [3.05, 3.63) is 5.82 Å². The predicted molar refractivity (Wildman–Crippen MR) is 93.4 cm³/mol. The predicted octanol–water partition coefficient (Wildman–Crippen LogP) is 1.90. The number of ether oxygens (including phenoxy) is 1. The van der Waals surface area contributed by atoms with Gasteiger partial charge in [0.15, 0.2) is 5.82 Å². The minimum Gasteiger partial charge on any atom is -0.481 e. The molecule has 0 saturated heterocycles. The van der Waals surface area contributed by atoms with E-state index in [4.69, 9.17) is 4.74 Å². The Labute approximate surface area is 167 Å². The standard InChI is InChI=1S/C16H20F2N4O6S/c1-15(2,3)28-14(27)20-16(12(25)26)4-5(6-7(8(6)16)11(23)24)29-13-19-10(9(17)18)21-22-13/h5-9H,4H2,1-3H3,(H,20,27)(H,23,24)(H,25,26)(H,19,21,22)/t5-,6+,7+,8+,16+/m1/s1. The summed E-state index contributed by atoms with van der Waals surface area (Å²) < 4.78 is 30.5. The van der Waals surface area contributed by atoms with Gasteiger partial charge in [0.25, 0.3) is 6.43 Å². The first-order valence-electron chi connectivity index (χ1n) is 8.70. The minimum atomic E-state index is -2.85. The van der Waals surface area contributed by atoms with Crippen molar-refractivity contribution in [3.8, 4) is 0 Å². The lowest BCUT2D eigenvalue weighted by Gasteiger charge is -2.31. The number of hydrogen-bond acceptors (Lipinski definition) is 7. The molecular weight excluding hydrogens is 414 g/mol. The number of alkyl carbamates (subject to hydrolysis) is 1. The number of hydrogen-bond donors (Lipinski definition) is 4. The molecule has 1 aromatic heterocycles. The third-order valence-electron chi connectivity index (χ3n) is 4.93. The van der Waals surface area contributed by atoms with Crippen molar-refractivity contribution in [1.82, 2.24) is 20.5 Å². The molecule has 2 saturated carbocycles. The lowest BCUT2D eigenvalue weighted by molar-refractivity contribution is -0.147. The maximum atomic E-state index is 12.7. The smallest absolute Gasteiger partial charge is 0.408 e. The zero-order chi connectivity index (χ0) is 21.7. The van der Waals surface area contributed by atoms with Crippen molar-refractivity contribution in [2.75, 3.05) is 0 Å². The number of rotatable bonds is 6. The fourth-order valence-corrected chi connectivity index (χ4v) is 5.27. The highest BCUT2D eigenvalue weighted by molar-refractivity contribution is 7.99. The van der Waals surface area contributed by atoms with Gasteiger partial charge in [-0.3, -0.25) is 9.89 Å². The van der Waals surface area contributed by atoms with E-state index in [-0.39, 0.29) is 11.6 Å². The lowest BCUT2D eigenvalue weighted by atomic mass is 9.90. The number of nitrogens with one attached hydrogen (secondary N) is 2. The normalized spacial score (nSPS) is 30.7. The van der Waals surface area contributed by atoms with Crippen molar-refractivity contribution < 1.29 is 38.1 Å². The summed E-state index contributed by atoms with van der Waals surface area (Å²) in [5.74, 6) is -5.66. The Morgan fingerprint density at radius 2 is 2.00 bits per heavy atom. The van der Waals surface area contributed by atoms with Crippen LogP contribution in [0.4, 0.5) is 13.6 Å². The molecule has 2 aliphatic carbocycles. The maximum absolute atomic E-state index is 12.7. The number of carboxylic acids is 2. The van der Waals surface area contributed by atoms with E-state index in [9.17, 15) is 33.4 Å². The summed E-state index contributed by atoms with van der Waals surface area (Å²) >= 11 is 0.915. The van der Waals surface area contributed by atoms with Crippen molar-refractivity contribution in [2.45, 2.75) is 55.2 Å². The molecular formula is C16H20F2N4O6S. The topological polar surface area (TPSA) is 154 Å². The van der Waals surface area contributed by atoms with Crippen molar-refractivity contribution in [1.29, 1.82) is 0 Å². The summed E-state index contributed by atoms with van der Waals surface area (Å²) in [6.45, 7) is 4.82. The van der Waals surface area contributed by atoms with Gasteiger partial charge in [0.1, 0.15) is 11.1 Å². The number of thioether (sulfide) groups is 1. The monoisotopic (exact) mass is 434 g/mol. The first-order chi connectivity index (χ1) is 13.4. The summed E-state index contributed by atoms with van der Waals surface area (Å²) in [6, 6.07) is 0. The van der Waals surface area contributed by atoms with Crippen LogP contribution in [-0.4, -0.2) is 59.8 Å². The van der Waals surface area contributed by atoms with Gasteiger partial charge >= 0.3 is 18.0 Å². The lowest BCUT2D eigenvalue weighted by Crippen LogP contribution is -2.57. The zero-order valence-corrected chi connectivity index (χ0v) is 16.5. The molecule has 0 aliphatic heterocycles. The summed E-state index contributed by atoms with van der Waals surface area (Å²) in [5, 5.41) is 26.8. The number of aromatic nitrogens is 3. The van der Waals surface area contributed by atoms with Gasteiger partial charge in [0, 0.05) is 11.2 Å². The summed E-state index contributed by atoms with van der Waals surface area (Å²) in [7, 11) is 0. The highest BCUT2D eigenvalue weighted by atomic mass is 32.2. The Bertz CT molecular complexity index is 844. The first-order valence-corrected chi connectivity index (χ1v) is 9.58. The Hall–Kier alpha value is -2.44. The number of alkyl halides is 2. The van der Waals surface area contributed by atoms with Gasteiger partial charge in [-0.15, -0.1) is 5.10 Å². The number of fused-ring (bicyclic) bond motifs is 1. The zero-order valence-electron chi connectivity index (χ0n) is 15.7. The van der Waals surface area contributed by atoms with Crippen LogP contribution in [0.5, 0.6) is 0 Å². The van der Waals surface area contributed by atoms with Crippen LogP contribution in [0.3, 0.4) is 0 Å². The van der Waals surface area contributed by atoms with Crippen LogP contribution >= 0.6 is 11.8 Å². The molecule has 29 heavy (non-hydrogen) atoms. The number of amides is 1. The van der Waals surface area contributed by atoms with E-state index in [0.29, 0.717) is 0 Å². The quantitative estimate of drug-likeness (QED) is 0.525. The third kappa shape index (κ3) is 4.00. The molecule has 13 heteroatoms. The van der Waals surface area contributed by atoms with E-state index >= 15 is 0 Å². The molecule has 4 N–H and O–H groups in total. The second-order valence-electron chi connectivity index (χ2n) is 8.03. The fraction of sp³-hybridized carbons (Fsp3) is 0.688. The van der Waals surface area contributed by atoms with E-state index in [1.165, 1.54) is 0 Å². The highest BCUT2D eigenvalue weighted by Crippen LogP contribution is 2.65. The second-order valence-corrected chi connectivity index (χ2v) is 9.24. The largest absolute Gasteiger partial charge is 0.481 e. The summed E-state index contributed by atoms with van der Waals surface area (Å²) in [4.78, 5) is 39.6. The SMILES string of the molecule is CC(C)(C)OC(=O)N[C@@]1(C(=O)O)C[C@@H](Sc2n[nH]c(C(F)F)n2)[C@H]2[C@H](C(=O)O)[C@H]21. The van der Waals surface area contributed by atoms with Gasteiger partial charge < -0.3 is 20.3 Å². The number of H-pyrrole nitrogens is 1. The Morgan fingerprint density at radius 3 is 2.48 bits per heavy atom. The maximum Gasteiger partial charge on any atom is 0.408 e. The molecule has 0 aromatic carbocycles. The van der Waals surface area contributed by atoms with Crippen LogP contribution in [0.25, 0.3) is 0 Å². The molecule has 0 spiro atoms.